The Morgan fingerprint density at radius 1 is 1.16 bits per heavy atom. The van der Waals surface area contributed by atoms with Gasteiger partial charge in [0.25, 0.3) is 5.91 Å². The summed E-state index contributed by atoms with van der Waals surface area (Å²) in [5.41, 5.74) is 1.62. The van der Waals surface area contributed by atoms with E-state index in [1.165, 1.54) is 5.06 Å². The molecule has 0 bridgehead atoms. The molecule has 5 heteroatoms. The Balaban J connectivity index is 2.53. The lowest BCUT2D eigenvalue weighted by Crippen LogP contribution is -2.29. The number of phenolic OH excluding ortho intramolecular Hbond substituents is 1. The molecule has 0 saturated carbocycles. The number of carbonyl (C=O) groups excluding carboxylic acids is 1. The summed E-state index contributed by atoms with van der Waals surface area (Å²) in [6, 6.07) is 3.63. The highest BCUT2D eigenvalue weighted by Gasteiger charge is 2.39. The molecule has 2 atom stereocenters. The lowest BCUT2D eigenvalue weighted by atomic mass is 9.77. The number of hydroxylamine groups is 2. The van der Waals surface area contributed by atoms with Crippen molar-refractivity contribution in [3.8, 4) is 5.75 Å². The van der Waals surface area contributed by atoms with Gasteiger partial charge in [-0.2, -0.15) is 0 Å². The Morgan fingerprint density at radius 3 is 2.00 bits per heavy atom. The topological polar surface area (TPSA) is 70.0 Å². The number of hydrogen-bond acceptors (Lipinski definition) is 4. The van der Waals surface area contributed by atoms with Gasteiger partial charge in [0.05, 0.1) is 18.6 Å². The molecule has 2 N–H and O–H groups in total. The maximum absolute atomic E-state index is 12.4. The first kappa shape index (κ1) is 19.7. The van der Waals surface area contributed by atoms with E-state index in [-0.39, 0.29) is 29.1 Å². The molecule has 1 saturated heterocycles. The number of nitrogens with zero attached hydrogens (tertiary/aromatic N) is 1. The Kier molecular flexibility index (Phi) is 5.22. The maximum Gasteiger partial charge on any atom is 0.254 e. The first-order valence-electron chi connectivity index (χ1n) is 8.88. The molecule has 1 heterocycles. The Labute approximate surface area is 150 Å². The highest BCUT2D eigenvalue weighted by molar-refractivity contribution is 5.80. The standard InChI is InChI=1S/C20H31NO4/c1-8-21-18(24)13(11-25-21)16(22)12-9-14(19(2,3)4)17(23)15(10-12)20(5,6)7/h9-10,13,16,22-23H,8,11H2,1-7H3. The molecule has 5 nitrogen and oxygen atoms in total. The normalized spacial score (nSPS) is 20.2. The third-order valence-electron chi connectivity index (χ3n) is 4.73. The molecule has 140 valence electrons. The van der Waals surface area contributed by atoms with E-state index in [4.69, 9.17) is 4.84 Å². The van der Waals surface area contributed by atoms with E-state index in [0.717, 1.165) is 11.1 Å². The molecule has 25 heavy (non-hydrogen) atoms. The van der Waals surface area contributed by atoms with Crippen LogP contribution in [0.25, 0.3) is 0 Å². The number of aliphatic hydroxyl groups excluding tert-OH is 1. The molecule has 1 aromatic rings. The van der Waals surface area contributed by atoms with Crippen molar-refractivity contribution in [2.24, 2.45) is 5.92 Å². The molecular weight excluding hydrogens is 318 g/mol. The zero-order valence-corrected chi connectivity index (χ0v) is 16.4. The fraction of sp³-hybridized carbons (Fsp3) is 0.650. The van der Waals surface area contributed by atoms with Gasteiger partial charge in [-0.25, -0.2) is 5.06 Å². The van der Waals surface area contributed by atoms with Crippen LogP contribution in [-0.2, 0) is 20.5 Å². The summed E-state index contributed by atoms with van der Waals surface area (Å²) in [5, 5.41) is 22.9. The number of aliphatic hydroxyl groups is 1. The van der Waals surface area contributed by atoms with Crippen LogP contribution in [0.5, 0.6) is 5.75 Å². The van der Waals surface area contributed by atoms with E-state index in [2.05, 4.69) is 0 Å². The number of carbonyl (C=O) groups is 1. The van der Waals surface area contributed by atoms with E-state index in [0.29, 0.717) is 12.1 Å². The number of aromatic hydroxyl groups is 1. The molecule has 0 spiro atoms. The molecule has 0 radical (unpaired) electrons. The third kappa shape index (κ3) is 3.82. The molecule has 0 aromatic heterocycles. The largest absolute Gasteiger partial charge is 0.507 e. The maximum atomic E-state index is 12.4. The van der Waals surface area contributed by atoms with Crippen molar-refractivity contribution in [3.05, 3.63) is 28.8 Å². The molecule has 1 aromatic carbocycles. The van der Waals surface area contributed by atoms with Crippen LogP contribution in [0.1, 0.15) is 71.3 Å². The number of hydrogen-bond donors (Lipinski definition) is 2. The summed E-state index contributed by atoms with van der Waals surface area (Å²) in [5.74, 6) is -0.553. The number of phenols is 1. The SMILES string of the molecule is CCN1OCC(C(O)c2cc(C(C)(C)C)c(O)c(C(C)(C)C)c2)C1=O. The van der Waals surface area contributed by atoms with Gasteiger partial charge in [-0.3, -0.25) is 9.63 Å². The van der Waals surface area contributed by atoms with Crippen LogP contribution >= 0.6 is 0 Å². The number of benzene rings is 1. The summed E-state index contributed by atoms with van der Waals surface area (Å²) in [6.45, 7) is 14.6. The van der Waals surface area contributed by atoms with Crippen LogP contribution in [0.3, 0.4) is 0 Å². The van der Waals surface area contributed by atoms with Gasteiger partial charge < -0.3 is 10.2 Å². The van der Waals surface area contributed by atoms with Crippen molar-refractivity contribution in [3.63, 3.8) is 0 Å². The highest BCUT2D eigenvalue weighted by Crippen LogP contribution is 2.42. The van der Waals surface area contributed by atoms with E-state index in [1.54, 1.807) is 0 Å². The zero-order chi connectivity index (χ0) is 19.2. The lowest BCUT2D eigenvalue weighted by molar-refractivity contribution is -0.160. The van der Waals surface area contributed by atoms with Gasteiger partial charge in [0.1, 0.15) is 5.75 Å². The van der Waals surface area contributed by atoms with Crippen LogP contribution in [-0.4, -0.2) is 34.3 Å². The lowest BCUT2D eigenvalue weighted by Gasteiger charge is -2.29. The molecule has 0 aliphatic carbocycles. The van der Waals surface area contributed by atoms with Gasteiger partial charge in [-0.15, -0.1) is 0 Å². The summed E-state index contributed by atoms with van der Waals surface area (Å²) in [7, 11) is 0. The van der Waals surface area contributed by atoms with Gasteiger partial charge in [0, 0.05) is 6.54 Å². The molecule has 2 rings (SSSR count). The third-order valence-corrected chi connectivity index (χ3v) is 4.73. The second-order valence-corrected chi connectivity index (χ2v) is 8.84. The van der Waals surface area contributed by atoms with Gasteiger partial charge in [-0.1, -0.05) is 41.5 Å². The molecular formula is C20H31NO4. The molecule has 1 amide bonds. The minimum Gasteiger partial charge on any atom is -0.507 e. The van der Waals surface area contributed by atoms with E-state index in [9.17, 15) is 15.0 Å². The monoisotopic (exact) mass is 349 g/mol. The zero-order valence-electron chi connectivity index (χ0n) is 16.4. The number of amides is 1. The van der Waals surface area contributed by atoms with Crippen LogP contribution in [0.2, 0.25) is 0 Å². The van der Waals surface area contributed by atoms with Gasteiger partial charge >= 0.3 is 0 Å². The highest BCUT2D eigenvalue weighted by atomic mass is 16.7. The van der Waals surface area contributed by atoms with Crippen molar-refractivity contribution < 1.29 is 19.8 Å². The summed E-state index contributed by atoms with van der Waals surface area (Å²) < 4.78 is 0. The fourth-order valence-electron chi connectivity index (χ4n) is 3.17. The van der Waals surface area contributed by atoms with Crippen molar-refractivity contribution in [2.75, 3.05) is 13.2 Å². The quantitative estimate of drug-likeness (QED) is 0.877. The van der Waals surface area contributed by atoms with Crippen LogP contribution in [0, 0.1) is 5.92 Å². The average Bonchev–Trinajstić information content (AvgIpc) is 2.85. The first-order chi connectivity index (χ1) is 11.4. The molecule has 1 aliphatic rings. The van der Waals surface area contributed by atoms with Crippen LogP contribution in [0.15, 0.2) is 12.1 Å². The van der Waals surface area contributed by atoms with Crippen LogP contribution in [0.4, 0.5) is 0 Å². The summed E-state index contributed by atoms with van der Waals surface area (Å²) in [6.07, 6.45) is -0.966. The summed E-state index contributed by atoms with van der Waals surface area (Å²) in [4.78, 5) is 17.7. The second-order valence-electron chi connectivity index (χ2n) is 8.84. The van der Waals surface area contributed by atoms with Gasteiger partial charge in [0.15, 0.2) is 0 Å². The van der Waals surface area contributed by atoms with Crippen molar-refractivity contribution in [2.45, 2.75) is 65.4 Å². The molecule has 1 aliphatic heterocycles. The number of rotatable bonds is 3. The van der Waals surface area contributed by atoms with Crippen molar-refractivity contribution >= 4 is 5.91 Å². The summed E-state index contributed by atoms with van der Waals surface area (Å²) >= 11 is 0. The van der Waals surface area contributed by atoms with Crippen molar-refractivity contribution in [1.29, 1.82) is 0 Å². The minimum atomic E-state index is -0.966. The molecule has 1 fully saturated rings. The van der Waals surface area contributed by atoms with Crippen LogP contribution < -0.4 is 0 Å². The predicted molar refractivity (Wildman–Crippen MR) is 97.3 cm³/mol. The fourth-order valence-corrected chi connectivity index (χ4v) is 3.17. The molecule has 2 unspecified atom stereocenters. The Bertz CT molecular complexity index is 620. The Morgan fingerprint density at radius 2 is 1.64 bits per heavy atom. The van der Waals surface area contributed by atoms with Gasteiger partial charge in [0.2, 0.25) is 0 Å². The smallest absolute Gasteiger partial charge is 0.254 e. The van der Waals surface area contributed by atoms with E-state index < -0.39 is 12.0 Å². The van der Waals surface area contributed by atoms with E-state index in [1.807, 2.05) is 60.6 Å². The first-order valence-corrected chi connectivity index (χ1v) is 8.88. The second kappa shape index (κ2) is 6.61. The van der Waals surface area contributed by atoms with E-state index >= 15 is 0 Å². The Hall–Kier alpha value is -1.59. The van der Waals surface area contributed by atoms with Crippen molar-refractivity contribution in [1.82, 2.24) is 5.06 Å². The van der Waals surface area contributed by atoms with Gasteiger partial charge in [-0.05, 0) is 46.6 Å². The minimum absolute atomic E-state index is 0.171. The predicted octanol–water partition coefficient (Wildman–Crippen LogP) is 3.43. The average molecular weight is 349 g/mol.